The Bertz CT molecular complexity index is 426. The number of aliphatic imine (C=N–C) groups is 1. The molecular weight excluding hydrogens is 190 g/mol. The van der Waals surface area contributed by atoms with Gasteiger partial charge in [-0.15, -0.1) is 0 Å². The van der Waals surface area contributed by atoms with Crippen molar-refractivity contribution in [2.24, 2.45) is 4.99 Å². The van der Waals surface area contributed by atoms with Gasteiger partial charge in [0.05, 0.1) is 0 Å². The van der Waals surface area contributed by atoms with Crippen molar-refractivity contribution in [3.63, 3.8) is 0 Å². The Morgan fingerprint density at radius 3 is 2.87 bits per heavy atom. The quantitative estimate of drug-likeness (QED) is 0.781. The van der Waals surface area contributed by atoms with E-state index >= 15 is 0 Å². The molecule has 2 rings (SSSR count). The Labute approximate surface area is 88.4 Å². The summed E-state index contributed by atoms with van der Waals surface area (Å²) in [5.74, 6) is 0.561. The lowest BCUT2D eigenvalue weighted by Crippen LogP contribution is -2.29. The summed E-state index contributed by atoms with van der Waals surface area (Å²) in [6, 6.07) is 5.43. The highest BCUT2D eigenvalue weighted by Crippen LogP contribution is 2.09. The van der Waals surface area contributed by atoms with Gasteiger partial charge in [0, 0.05) is 5.69 Å². The first-order valence-electron chi connectivity index (χ1n) is 5.03. The fourth-order valence-electron chi connectivity index (χ4n) is 1.53. The van der Waals surface area contributed by atoms with Gasteiger partial charge in [-0.05, 0) is 25.5 Å². The molecule has 0 saturated carbocycles. The van der Waals surface area contributed by atoms with Gasteiger partial charge in [-0.2, -0.15) is 0 Å². The second-order valence-corrected chi connectivity index (χ2v) is 3.56. The Morgan fingerprint density at radius 1 is 1.47 bits per heavy atom. The van der Waals surface area contributed by atoms with Gasteiger partial charge in [-0.1, -0.05) is 13.0 Å². The number of aromatic nitrogens is 1. The van der Waals surface area contributed by atoms with E-state index < -0.39 is 0 Å². The molecule has 0 aromatic carbocycles. The maximum atomic E-state index is 11.4. The molecule has 4 heteroatoms. The number of aryl methyl sites for hydroxylation is 1. The number of nitrogens with one attached hydrogen (secondary N) is 1. The Hall–Kier alpha value is -1.71. The lowest BCUT2D eigenvalue weighted by molar-refractivity contribution is -0.120. The van der Waals surface area contributed by atoms with Crippen molar-refractivity contribution in [2.75, 3.05) is 0 Å². The number of amidine groups is 1. The highest BCUT2D eigenvalue weighted by Gasteiger charge is 2.25. The van der Waals surface area contributed by atoms with E-state index in [1.165, 1.54) is 0 Å². The highest BCUT2D eigenvalue weighted by molar-refractivity contribution is 6.12. The minimum absolute atomic E-state index is 0.0317. The van der Waals surface area contributed by atoms with Crippen LogP contribution < -0.4 is 5.32 Å². The number of hydrogen-bond acceptors (Lipinski definition) is 3. The molecule has 78 valence electrons. The first kappa shape index (κ1) is 9.83. The van der Waals surface area contributed by atoms with Crippen LogP contribution in [0.4, 0.5) is 0 Å². The van der Waals surface area contributed by atoms with Crippen LogP contribution in [0.1, 0.15) is 24.7 Å². The molecule has 15 heavy (non-hydrogen) atoms. The standard InChI is InChI=1S/C11H13N3O/c1-3-8-11(15)14-10(13-8)9-6-4-5-7(2)12-9/h4-6,8H,3H2,1-2H3,(H,13,14,15). The van der Waals surface area contributed by atoms with Gasteiger partial charge in [-0.3, -0.25) is 9.79 Å². The van der Waals surface area contributed by atoms with Gasteiger partial charge in [-0.25, -0.2) is 4.98 Å². The van der Waals surface area contributed by atoms with Gasteiger partial charge in [0.15, 0.2) is 5.84 Å². The molecule has 1 aromatic heterocycles. The van der Waals surface area contributed by atoms with E-state index in [4.69, 9.17) is 0 Å². The van der Waals surface area contributed by atoms with E-state index in [1.807, 2.05) is 32.0 Å². The maximum absolute atomic E-state index is 11.4. The zero-order valence-electron chi connectivity index (χ0n) is 8.82. The van der Waals surface area contributed by atoms with Crippen molar-refractivity contribution in [3.05, 3.63) is 29.6 Å². The maximum Gasteiger partial charge on any atom is 0.250 e. The summed E-state index contributed by atoms with van der Waals surface area (Å²) < 4.78 is 0. The SMILES string of the molecule is CCC1N=C(c2cccc(C)n2)NC1=O. The molecule has 1 aromatic rings. The lowest BCUT2D eigenvalue weighted by Gasteiger charge is -2.00. The largest absolute Gasteiger partial charge is 0.307 e. The number of amides is 1. The molecule has 1 amide bonds. The van der Waals surface area contributed by atoms with E-state index in [2.05, 4.69) is 15.3 Å². The van der Waals surface area contributed by atoms with Gasteiger partial charge in [0.2, 0.25) is 5.91 Å². The van der Waals surface area contributed by atoms with Crippen molar-refractivity contribution in [1.29, 1.82) is 0 Å². The number of rotatable bonds is 2. The summed E-state index contributed by atoms with van der Waals surface area (Å²) in [6.07, 6.45) is 0.723. The van der Waals surface area contributed by atoms with Crippen LogP contribution in [0.25, 0.3) is 0 Å². The van der Waals surface area contributed by atoms with Crippen molar-refractivity contribution in [1.82, 2.24) is 10.3 Å². The minimum Gasteiger partial charge on any atom is -0.307 e. The Morgan fingerprint density at radius 2 is 2.27 bits per heavy atom. The molecule has 0 radical (unpaired) electrons. The second kappa shape index (κ2) is 3.81. The molecular formula is C11H13N3O. The first-order chi connectivity index (χ1) is 7.20. The highest BCUT2D eigenvalue weighted by atomic mass is 16.2. The lowest BCUT2D eigenvalue weighted by atomic mass is 10.2. The molecule has 4 nitrogen and oxygen atoms in total. The molecule has 1 atom stereocenters. The van der Waals surface area contributed by atoms with Crippen LogP contribution in [0.15, 0.2) is 23.2 Å². The van der Waals surface area contributed by atoms with E-state index in [9.17, 15) is 4.79 Å². The predicted molar refractivity (Wildman–Crippen MR) is 57.7 cm³/mol. The fourth-order valence-corrected chi connectivity index (χ4v) is 1.53. The van der Waals surface area contributed by atoms with Gasteiger partial charge in [0.25, 0.3) is 0 Å². The molecule has 0 aliphatic carbocycles. The third-order valence-corrected chi connectivity index (χ3v) is 2.35. The van der Waals surface area contributed by atoms with Crippen LogP contribution in [0.2, 0.25) is 0 Å². The van der Waals surface area contributed by atoms with Gasteiger partial charge >= 0.3 is 0 Å². The van der Waals surface area contributed by atoms with E-state index in [0.29, 0.717) is 5.84 Å². The van der Waals surface area contributed by atoms with Crippen LogP contribution in [0, 0.1) is 6.92 Å². The van der Waals surface area contributed by atoms with E-state index in [0.717, 1.165) is 17.8 Å². The van der Waals surface area contributed by atoms with Crippen molar-refractivity contribution in [3.8, 4) is 0 Å². The fraction of sp³-hybridized carbons (Fsp3) is 0.364. The van der Waals surface area contributed by atoms with Crippen molar-refractivity contribution < 1.29 is 4.79 Å². The molecule has 2 heterocycles. The van der Waals surface area contributed by atoms with Gasteiger partial charge < -0.3 is 5.32 Å². The van der Waals surface area contributed by atoms with Crippen LogP contribution in [-0.4, -0.2) is 22.8 Å². The van der Waals surface area contributed by atoms with E-state index in [1.54, 1.807) is 0 Å². The molecule has 1 unspecified atom stereocenters. The first-order valence-corrected chi connectivity index (χ1v) is 5.03. The average molecular weight is 203 g/mol. The zero-order valence-corrected chi connectivity index (χ0v) is 8.82. The topological polar surface area (TPSA) is 54.4 Å². The summed E-state index contributed by atoms with van der Waals surface area (Å²) in [7, 11) is 0. The number of nitrogens with zero attached hydrogens (tertiary/aromatic N) is 2. The molecule has 0 spiro atoms. The van der Waals surface area contributed by atoms with Crippen LogP contribution >= 0.6 is 0 Å². The molecule has 0 bridgehead atoms. The van der Waals surface area contributed by atoms with Crippen molar-refractivity contribution in [2.45, 2.75) is 26.3 Å². The summed E-state index contributed by atoms with van der Waals surface area (Å²) in [4.78, 5) is 20.0. The Balaban J connectivity index is 2.30. The number of carbonyl (C=O) groups excluding carboxylic acids is 1. The second-order valence-electron chi connectivity index (χ2n) is 3.56. The van der Waals surface area contributed by atoms with Crippen LogP contribution in [0.5, 0.6) is 0 Å². The molecule has 1 aliphatic rings. The van der Waals surface area contributed by atoms with E-state index in [-0.39, 0.29) is 11.9 Å². The summed E-state index contributed by atoms with van der Waals surface area (Å²) in [6.45, 7) is 3.86. The molecule has 1 aliphatic heterocycles. The van der Waals surface area contributed by atoms with Crippen LogP contribution in [0.3, 0.4) is 0 Å². The summed E-state index contributed by atoms with van der Waals surface area (Å²) >= 11 is 0. The summed E-state index contributed by atoms with van der Waals surface area (Å²) in [5, 5.41) is 2.75. The summed E-state index contributed by atoms with van der Waals surface area (Å²) in [5.41, 5.74) is 1.66. The minimum atomic E-state index is -0.248. The zero-order chi connectivity index (χ0) is 10.8. The number of carbonyl (C=O) groups is 1. The molecule has 1 N–H and O–H groups in total. The number of hydrogen-bond donors (Lipinski definition) is 1. The third-order valence-electron chi connectivity index (χ3n) is 2.35. The van der Waals surface area contributed by atoms with Gasteiger partial charge in [0.1, 0.15) is 11.7 Å². The smallest absolute Gasteiger partial charge is 0.250 e. The predicted octanol–water partition coefficient (Wildman–Crippen LogP) is 1.05. The molecule has 0 saturated heterocycles. The number of pyridine rings is 1. The van der Waals surface area contributed by atoms with Crippen LogP contribution in [-0.2, 0) is 4.79 Å². The average Bonchev–Trinajstić information content (AvgIpc) is 2.60. The third kappa shape index (κ3) is 1.88. The van der Waals surface area contributed by atoms with Crippen molar-refractivity contribution >= 4 is 11.7 Å². The normalized spacial score (nSPS) is 20.0. The Kier molecular flexibility index (Phi) is 2.49. The molecule has 0 fully saturated rings. The monoisotopic (exact) mass is 203 g/mol.